The SMILES string of the molecule is Cc1cc(C[C@@H](OC(=O)N2CCC(N3CCc4ccccc4NC3=O)CC2)C(=O)N2CCN(C3CCN(C)CC3)CC2)cc2c1N(C)CCO2. The Bertz CT molecular complexity index is 1550. The molecule has 1 atom stereocenters. The smallest absolute Gasteiger partial charge is 0.410 e. The highest BCUT2D eigenvalue weighted by molar-refractivity contribution is 5.91. The van der Waals surface area contributed by atoms with Crippen LogP contribution in [-0.4, -0.2) is 147 Å². The van der Waals surface area contributed by atoms with Crippen molar-refractivity contribution in [3.8, 4) is 5.75 Å². The molecule has 2 aromatic carbocycles. The van der Waals surface area contributed by atoms with Crippen molar-refractivity contribution < 1.29 is 23.9 Å². The number of piperazine rings is 1. The third-order valence-corrected chi connectivity index (χ3v) is 11.5. The number of carbonyl (C=O) groups excluding carboxylic acids is 3. The summed E-state index contributed by atoms with van der Waals surface area (Å²) < 4.78 is 12.2. The summed E-state index contributed by atoms with van der Waals surface area (Å²) in [6.07, 6.45) is 3.30. The van der Waals surface area contributed by atoms with E-state index < -0.39 is 12.2 Å². The third kappa shape index (κ3) is 7.51. The van der Waals surface area contributed by atoms with Crippen LogP contribution in [0.15, 0.2) is 36.4 Å². The Balaban J connectivity index is 1.01. The topological polar surface area (TPSA) is 101 Å². The Labute approximate surface area is 296 Å². The van der Waals surface area contributed by atoms with E-state index in [4.69, 9.17) is 9.47 Å². The van der Waals surface area contributed by atoms with Crippen molar-refractivity contribution in [3.05, 3.63) is 53.1 Å². The standard InChI is InChI=1S/C38H53N7O5/c1-27-24-28(25-33-35(27)41(3)22-23-49-33)26-34(36(46)43-20-18-42(19-21-43)30-9-13-40(2)14-10-30)50-38(48)44-15-11-31(12-16-44)45-17-8-29-6-4-5-7-32(29)39-37(45)47/h4-7,24-25,30-31,34H,8-23,26H2,1-3H3,(H,39,47)/t34-/m1/s1. The zero-order chi connectivity index (χ0) is 34.8. The Morgan fingerprint density at radius 2 is 1.60 bits per heavy atom. The number of likely N-dealkylation sites (N-methyl/N-ethyl adjacent to an activating group) is 1. The van der Waals surface area contributed by atoms with E-state index in [-0.39, 0.29) is 24.4 Å². The van der Waals surface area contributed by atoms with Gasteiger partial charge < -0.3 is 39.3 Å². The first-order chi connectivity index (χ1) is 24.2. The number of carbonyl (C=O) groups is 3. The molecule has 0 unspecified atom stereocenters. The molecule has 2 aromatic rings. The second-order valence-electron chi connectivity index (χ2n) is 14.8. The maximum absolute atomic E-state index is 14.2. The van der Waals surface area contributed by atoms with Gasteiger partial charge in [0.15, 0.2) is 6.10 Å². The monoisotopic (exact) mass is 687 g/mol. The van der Waals surface area contributed by atoms with Gasteiger partial charge in [0.2, 0.25) is 0 Å². The lowest BCUT2D eigenvalue weighted by Crippen LogP contribution is -2.56. The number of fused-ring (bicyclic) bond motifs is 2. The first kappa shape index (κ1) is 34.4. The van der Waals surface area contributed by atoms with Crippen LogP contribution in [0.5, 0.6) is 5.75 Å². The van der Waals surface area contributed by atoms with Gasteiger partial charge in [0.25, 0.3) is 5.91 Å². The minimum Gasteiger partial charge on any atom is -0.490 e. The van der Waals surface area contributed by atoms with Crippen LogP contribution in [0.4, 0.5) is 21.0 Å². The molecule has 12 heteroatoms. The van der Waals surface area contributed by atoms with E-state index in [0.29, 0.717) is 58.2 Å². The first-order valence-corrected chi connectivity index (χ1v) is 18.5. The number of hydrogen-bond acceptors (Lipinski definition) is 8. The summed E-state index contributed by atoms with van der Waals surface area (Å²) >= 11 is 0. The lowest BCUT2D eigenvalue weighted by molar-refractivity contribution is -0.143. The van der Waals surface area contributed by atoms with Crippen LogP contribution in [-0.2, 0) is 22.4 Å². The van der Waals surface area contributed by atoms with Gasteiger partial charge in [-0.1, -0.05) is 24.3 Å². The number of urea groups is 1. The fourth-order valence-corrected chi connectivity index (χ4v) is 8.50. The highest BCUT2D eigenvalue weighted by Crippen LogP contribution is 2.36. The Kier molecular flexibility index (Phi) is 10.4. The first-order valence-electron chi connectivity index (χ1n) is 18.5. The number of benzene rings is 2. The summed E-state index contributed by atoms with van der Waals surface area (Å²) in [4.78, 5) is 53.7. The van der Waals surface area contributed by atoms with Gasteiger partial charge in [-0.25, -0.2) is 9.59 Å². The minimum atomic E-state index is -0.941. The molecular weight excluding hydrogens is 634 g/mol. The summed E-state index contributed by atoms with van der Waals surface area (Å²) in [5.74, 6) is 0.672. The Hall–Kier alpha value is -4.03. The van der Waals surface area contributed by atoms with Crippen molar-refractivity contribution in [1.29, 1.82) is 0 Å². The number of aryl methyl sites for hydroxylation is 1. The maximum Gasteiger partial charge on any atom is 0.410 e. The quantitative estimate of drug-likeness (QED) is 0.492. The number of amides is 4. The number of hydrogen-bond donors (Lipinski definition) is 1. The summed E-state index contributed by atoms with van der Waals surface area (Å²) in [7, 11) is 4.24. The lowest BCUT2D eigenvalue weighted by atomic mass is 10.0. The molecule has 0 saturated carbocycles. The number of anilines is 2. The van der Waals surface area contributed by atoms with E-state index in [9.17, 15) is 14.4 Å². The van der Waals surface area contributed by atoms with Gasteiger partial charge >= 0.3 is 12.1 Å². The number of ether oxygens (including phenoxy) is 2. The number of nitrogens with zero attached hydrogens (tertiary/aromatic N) is 6. The molecule has 50 heavy (non-hydrogen) atoms. The minimum absolute atomic E-state index is 0.0308. The van der Waals surface area contributed by atoms with Gasteiger partial charge in [-0.15, -0.1) is 0 Å². The number of likely N-dealkylation sites (tertiary alicyclic amines) is 2. The molecule has 0 spiro atoms. The molecule has 270 valence electrons. The van der Waals surface area contributed by atoms with Crippen LogP contribution in [0.1, 0.15) is 42.4 Å². The molecule has 4 amide bonds. The molecule has 5 aliphatic heterocycles. The lowest BCUT2D eigenvalue weighted by Gasteiger charge is -2.42. The zero-order valence-corrected chi connectivity index (χ0v) is 29.9. The summed E-state index contributed by atoms with van der Waals surface area (Å²) in [5, 5.41) is 3.07. The summed E-state index contributed by atoms with van der Waals surface area (Å²) in [6.45, 7) is 10.2. The van der Waals surface area contributed by atoms with E-state index >= 15 is 0 Å². The molecule has 1 N–H and O–H groups in total. The Morgan fingerprint density at radius 3 is 2.36 bits per heavy atom. The summed E-state index contributed by atoms with van der Waals surface area (Å²) in [5.41, 5.74) is 5.06. The molecule has 5 heterocycles. The molecule has 0 bridgehead atoms. The van der Waals surface area contributed by atoms with E-state index in [2.05, 4.69) is 53.2 Å². The van der Waals surface area contributed by atoms with Crippen molar-refractivity contribution in [2.45, 2.75) is 63.6 Å². The van der Waals surface area contributed by atoms with Gasteiger partial charge in [-0.05, 0) is 88.0 Å². The zero-order valence-electron chi connectivity index (χ0n) is 29.9. The number of para-hydroxylation sites is 1. The third-order valence-electron chi connectivity index (χ3n) is 11.5. The second kappa shape index (κ2) is 15.1. The molecule has 0 aliphatic carbocycles. The summed E-state index contributed by atoms with van der Waals surface area (Å²) in [6, 6.07) is 12.5. The molecule has 0 radical (unpaired) electrons. The van der Waals surface area contributed by atoms with Crippen molar-refractivity contribution >= 4 is 29.4 Å². The van der Waals surface area contributed by atoms with E-state index in [1.165, 1.54) is 0 Å². The second-order valence-corrected chi connectivity index (χ2v) is 14.8. The fraction of sp³-hybridized carbons (Fsp3) is 0.605. The van der Waals surface area contributed by atoms with Crippen molar-refractivity contribution in [2.75, 3.05) is 96.4 Å². The largest absolute Gasteiger partial charge is 0.490 e. The molecule has 5 aliphatic rings. The molecule has 3 fully saturated rings. The van der Waals surface area contributed by atoms with Gasteiger partial charge in [0.05, 0.1) is 12.2 Å². The average Bonchev–Trinajstić information content (AvgIpc) is 3.29. The highest BCUT2D eigenvalue weighted by atomic mass is 16.6. The average molecular weight is 688 g/mol. The van der Waals surface area contributed by atoms with Crippen LogP contribution in [0, 0.1) is 6.92 Å². The van der Waals surface area contributed by atoms with Crippen molar-refractivity contribution in [1.82, 2.24) is 24.5 Å². The van der Waals surface area contributed by atoms with Crippen LogP contribution < -0.4 is 15.0 Å². The van der Waals surface area contributed by atoms with Gasteiger partial charge in [-0.3, -0.25) is 9.69 Å². The number of piperidine rings is 2. The predicted molar refractivity (Wildman–Crippen MR) is 193 cm³/mol. The van der Waals surface area contributed by atoms with Crippen molar-refractivity contribution in [3.63, 3.8) is 0 Å². The van der Waals surface area contributed by atoms with Crippen molar-refractivity contribution in [2.24, 2.45) is 0 Å². The van der Waals surface area contributed by atoms with E-state index in [0.717, 1.165) is 85.8 Å². The normalized spacial score (nSPS) is 21.9. The highest BCUT2D eigenvalue weighted by Gasteiger charge is 2.36. The van der Waals surface area contributed by atoms with Crippen LogP contribution >= 0.6 is 0 Å². The number of nitrogens with one attached hydrogen (secondary N) is 1. The predicted octanol–water partition coefficient (Wildman–Crippen LogP) is 3.66. The molecule has 12 nitrogen and oxygen atoms in total. The molecule has 3 saturated heterocycles. The van der Waals surface area contributed by atoms with Gasteiger partial charge in [0, 0.05) is 77.1 Å². The fourth-order valence-electron chi connectivity index (χ4n) is 8.50. The Morgan fingerprint density at radius 1 is 0.880 bits per heavy atom. The van der Waals surface area contributed by atoms with Crippen LogP contribution in [0.2, 0.25) is 0 Å². The number of rotatable bonds is 6. The van der Waals surface area contributed by atoms with Gasteiger partial charge in [0.1, 0.15) is 12.4 Å². The molecule has 7 rings (SSSR count). The van der Waals surface area contributed by atoms with Crippen LogP contribution in [0.3, 0.4) is 0 Å². The van der Waals surface area contributed by atoms with Gasteiger partial charge in [-0.2, -0.15) is 0 Å². The molecular formula is C38H53N7O5. The molecule has 0 aromatic heterocycles. The maximum atomic E-state index is 14.2. The van der Waals surface area contributed by atoms with E-state index in [1.807, 2.05) is 34.1 Å². The van der Waals surface area contributed by atoms with E-state index in [1.54, 1.807) is 4.90 Å². The van der Waals surface area contributed by atoms with Crippen LogP contribution in [0.25, 0.3) is 0 Å².